The number of nitrogens with one attached hydrogen (secondary N) is 1. The first kappa shape index (κ1) is 22.3. The largest absolute Gasteiger partial charge is 0.497 e. The van der Waals surface area contributed by atoms with Crippen molar-refractivity contribution in [1.82, 2.24) is 0 Å². The number of ketones is 2. The number of Topliss-reactive ketones (excluding diaryl/α,β-unsaturated/α-hetero) is 2. The summed E-state index contributed by atoms with van der Waals surface area (Å²) in [4.78, 5) is 43.8. The molecule has 3 aromatic carbocycles. The van der Waals surface area contributed by atoms with Gasteiger partial charge in [0.25, 0.3) is 0 Å². The van der Waals surface area contributed by atoms with Crippen LogP contribution in [-0.4, -0.2) is 36.7 Å². The molecule has 0 bridgehead atoms. The Morgan fingerprint density at radius 3 is 2.50 bits per heavy atom. The lowest BCUT2D eigenvalue weighted by Crippen LogP contribution is -2.51. The highest BCUT2D eigenvalue weighted by atomic mass is 16.5. The van der Waals surface area contributed by atoms with E-state index in [9.17, 15) is 14.4 Å². The summed E-state index contributed by atoms with van der Waals surface area (Å²) < 4.78 is 5.27. The number of anilines is 2. The van der Waals surface area contributed by atoms with E-state index in [0.29, 0.717) is 17.0 Å². The van der Waals surface area contributed by atoms with E-state index in [2.05, 4.69) is 11.4 Å². The molecule has 36 heavy (non-hydrogen) atoms. The summed E-state index contributed by atoms with van der Waals surface area (Å²) in [5.41, 5.74) is 3.54. The van der Waals surface area contributed by atoms with Crippen LogP contribution in [0.1, 0.15) is 34.0 Å². The van der Waals surface area contributed by atoms with Crippen molar-refractivity contribution in [1.29, 1.82) is 0 Å². The highest BCUT2D eigenvalue weighted by Gasteiger charge is 2.69. The molecule has 6 rings (SSSR count). The maximum absolute atomic E-state index is 14.4. The van der Waals surface area contributed by atoms with Crippen molar-refractivity contribution >= 4 is 34.9 Å². The van der Waals surface area contributed by atoms with Crippen molar-refractivity contribution in [3.05, 3.63) is 95.1 Å². The molecule has 3 aliphatic rings. The molecule has 1 saturated heterocycles. The molecule has 0 saturated carbocycles. The highest BCUT2D eigenvalue weighted by molar-refractivity contribution is 6.16. The number of methoxy groups -OCH3 is 1. The van der Waals surface area contributed by atoms with Gasteiger partial charge in [-0.3, -0.25) is 14.4 Å². The van der Waals surface area contributed by atoms with Gasteiger partial charge in [-0.25, -0.2) is 0 Å². The van der Waals surface area contributed by atoms with Gasteiger partial charge in [0, 0.05) is 16.9 Å². The maximum atomic E-state index is 14.4. The van der Waals surface area contributed by atoms with Crippen molar-refractivity contribution in [3.63, 3.8) is 0 Å². The van der Waals surface area contributed by atoms with Crippen LogP contribution >= 0.6 is 0 Å². The number of hydrogen-bond donors (Lipinski definition) is 1. The van der Waals surface area contributed by atoms with Crippen LogP contribution in [0.15, 0.2) is 72.8 Å². The van der Waals surface area contributed by atoms with Crippen molar-refractivity contribution < 1.29 is 19.1 Å². The van der Waals surface area contributed by atoms with Crippen LogP contribution < -0.4 is 15.0 Å². The molecule has 4 unspecified atom stereocenters. The Morgan fingerprint density at radius 2 is 1.78 bits per heavy atom. The minimum atomic E-state index is -1.26. The number of amides is 1. The second-order valence-corrected chi connectivity index (χ2v) is 9.77. The van der Waals surface area contributed by atoms with Gasteiger partial charge in [0.2, 0.25) is 5.91 Å². The van der Waals surface area contributed by atoms with Gasteiger partial charge in [-0.1, -0.05) is 42.0 Å². The third-order valence-electron chi connectivity index (χ3n) is 7.86. The normalized spacial score (nSPS) is 25.2. The molecule has 6 heteroatoms. The van der Waals surface area contributed by atoms with E-state index in [0.717, 1.165) is 22.4 Å². The van der Waals surface area contributed by atoms with E-state index in [1.807, 2.05) is 60.4 Å². The van der Waals surface area contributed by atoms with E-state index in [1.54, 1.807) is 31.4 Å². The Balaban J connectivity index is 1.63. The zero-order valence-electron chi connectivity index (χ0n) is 20.3. The van der Waals surface area contributed by atoms with Gasteiger partial charge in [0.05, 0.1) is 25.1 Å². The first-order chi connectivity index (χ1) is 17.4. The van der Waals surface area contributed by atoms with E-state index in [4.69, 9.17) is 4.74 Å². The maximum Gasteiger partial charge on any atom is 0.238 e. The predicted octanol–water partition coefficient (Wildman–Crippen LogP) is 4.57. The second-order valence-electron chi connectivity index (χ2n) is 9.77. The minimum absolute atomic E-state index is 0.150. The van der Waals surface area contributed by atoms with Crippen molar-refractivity contribution in [2.75, 3.05) is 17.3 Å². The second kappa shape index (κ2) is 7.92. The predicted molar refractivity (Wildman–Crippen MR) is 139 cm³/mol. The SMILES string of the molecule is COc1ccc(C(=O)C2C(C(C)=O)N3c4ccc(C)cc4C=CC3C23C(=O)Nc2ccccc23)cc1. The van der Waals surface area contributed by atoms with Gasteiger partial charge < -0.3 is 15.0 Å². The number of aryl methyl sites for hydroxylation is 1. The lowest BCUT2D eigenvalue weighted by molar-refractivity contribution is -0.122. The number of ether oxygens (including phenoxy) is 1. The quantitative estimate of drug-likeness (QED) is 0.556. The van der Waals surface area contributed by atoms with Gasteiger partial charge >= 0.3 is 0 Å². The minimum Gasteiger partial charge on any atom is -0.497 e. The third kappa shape index (κ3) is 2.87. The lowest BCUT2D eigenvalue weighted by Gasteiger charge is -2.37. The smallest absolute Gasteiger partial charge is 0.238 e. The van der Waals surface area contributed by atoms with Crippen LogP contribution in [-0.2, 0) is 15.0 Å². The van der Waals surface area contributed by atoms with Crippen LogP contribution in [0.3, 0.4) is 0 Å². The van der Waals surface area contributed by atoms with Gasteiger partial charge in [0.1, 0.15) is 11.2 Å². The molecule has 0 aliphatic carbocycles. The number of hydrogen-bond acceptors (Lipinski definition) is 5. The van der Waals surface area contributed by atoms with Crippen LogP contribution in [0.4, 0.5) is 11.4 Å². The molecule has 4 atom stereocenters. The van der Waals surface area contributed by atoms with Gasteiger partial charge in [-0.2, -0.15) is 0 Å². The average Bonchev–Trinajstić information content (AvgIpc) is 3.36. The fourth-order valence-corrected chi connectivity index (χ4v) is 6.39. The molecule has 3 aliphatic heterocycles. The molecular formula is C30H26N2O4. The summed E-state index contributed by atoms with van der Waals surface area (Å²) in [6.45, 7) is 3.53. The topological polar surface area (TPSA) is 75.7 Å². The van der Waals surface area contributed by atoms with Gasteiger partial charge in [0.15, 0.2) is 11.6 Å². The summed E-state index contributed by atoms with van der Waals surface area (Å²) in [6, 6.07) is 19.1. The lowest BCUT2D eigenvalue weighted by atomic mass is 9.64. The first-order valence-corrected chi connectivity index (χ1v) is 12.0. The molecule has 3 heterocycles. The molecule has 0 radical (unpaired) electrons. The molecule has 1 N–H and O–H groups in total. The van der Waals surface area contributed by atoms with Gasteiger partial charge in [-0.15, -0.1) is 0 Å². The van der Waals surface area contributed by atoms with Crippen LogP contribution in [0.2, 0.25) is 0 Å². The van der Waals surface area contributed by atoms with E-state index in [1.165, 1.54) is 6.92 Å². The Hall–Kier alpha value is -4.19. The van der Waals surface area contributed by atoms with Gasteiger partial charge in [-0.05, 0) is 67.4 Å². The van der Waals surface area contributed by atoms with Crippen LogP contribution in [0, 0.1) is 12.8 Å². The molecule has 1 spiro atoms. The zero-order chi connectivity index (χ0) is 25.2. The number of fused-ring (bicyclic) bond motifs is 6. The number of para-hydroxylation sites is 1. The van der Waals surface area contributed by atoms with Crippen molar-refractivity contribution in [2.45, 2.75) is 31.3 Å². The monoisotopic (exact) mass is 478 g/mol. The molecule has 6 nitrogen and oxygen atoms in total. The Morgan fingerprint density at radius 1 is 1.03 bits per heavy atom. The summed E-state index contributed by atoms with van der Waals surface area (Å²) >= 11 is 0. The Bertz CT molecular complexity index is 1460. The van der Waals surface area contributed by atoms with E-state index >= 15 is 0 Å². The fraction of sp³-hybridized carbons (Fsp3) is 0.233. The summed E-state index contributed by atoms with van der Waals surface area (Å²) in [5, 5.41) is 3.03. The molecule has 0 aromatic heterocycles. The highest BCUT2D eigenvalue weighted by Crippen LogP contribution is 2.57. The first-order valence-electron chi connectivity index (χ1n) is 12.0. The molecule has 3 aromatic rings. The number of benzene rings is 3. The molecule has 1 amide bonds. The molecule has 180 valence electrons. The summed E-state index contributed by atoms with van der Waals surface area (Å²) in [7, 11) is 1.57. The van der Waals surface area contributed by atoms with Crippen LogP contribution in [0.5, 0.6) is 5.75 Å². The van der Waals surface area contributed by atoms with E-state index < -0.39 is 23.4 Å². The van der Waals surface area contributed by atoms with Crippen LogP contribution in [0.25, 0.3) is 6.08 Å². The molecule has 1 fully saturated rings. The standard InChI is InChI=1S/C30H26N2O4/c1-17-8-14-24-20(16-17)11-15-25-30(22-6-4-5-7-23(22)31-29(30)35)26(27(18(2)33)32(24)25)28(34)19-9-12-21(36-3)13-10-19/h4-16,25-27H,1-3H3,(H,31,35). The number of rotatable bonds is 4. The number of nitrogens with zero attached hydrogens (tertiary/aromatic N) is 1. The Labute approximate surface area is 209 Å². The third-order valence-corrected chi connectivity index (χ3v) is 7.86. The fourth-order valence-electron chi connectivity index (χ4n) is 6.39. The number of carbonyl (C=O) groups is 3. The van der Waals surface area contributed by atoms with E-state index in [-0.39, 0.29) is 17.5 Å². The van der Waals surface area contributed by atoms with Crippen molar-refractivity contribution in [3.8, 4) is 5.75 Å². The summed E-state index contributed by atoms with van der Waals surface area (Å²) in [6.07, 6.45) is 4.00. The number of carbonyl (C=O) groups excluding carboxylic acids is 3. The molecular weight excluding hydrogens is 452 g/mol. The zero-order valence-corrected chi connectivity index (χ0v) is 20.3. The average molecular weight is 479 g/mol. The summed E-state index contributed by atoms with van der Waals surface area (Å²) in [5.74, 6) is -0.934. The van der Waals surface area contributed by atoms with Crippen molar-refractivity contribution in [2.24, 2.45) is 5.92 Å². The Kier molecular flexibility index (Phi) is 4.90.